The molecule has 6 atom stereocenters. The summed E-state index contributed by atoms with van der Waals surface area (Å²) in [5.41, 5.74) is -0.232. The second-order valence-electron chi connectivity index (χ2n) is 9.90. The van der Waals surface area contributed by atoms with Gasteiger partial charge < -0.3 is 19.7 Å². The standard InChI is InChI=1S/C24H34O6/c1-22-8-5-17(27)13-16(22)3-4-18-19(22)6-9-23(2)20(18)7-10-24(23,21(28)14-26)30-15-29-12-11-25/h5,8,13,18-20,25-26H,3-4,6-7,9-12,14-15H2,1-2H3/t18-,19+,20+,22+,23+,24+/m1/s1. The highest BCUT2D eigenvalue weighted by atomic mass is 16.7. The van der Waals surface area contributed by atoms with E-state index in [2.05, 4.69) is 19.9 Å². The fraction of sp³-hybridized carbons (Fsp3) is 0.750. The van der Waals surface area contributed by atoms with Gasteiger partial charge in [-0.05, 0) is 68.4 Å². The highest BCUT2D eigenvalue weighted by Gasteiger charge is 2.67. The van der Waals surface area contributed by atoms with E-state index in [0.29, 0.717) is 24.2 Å². The molecule has 0 spiro atoms. The van der Waals surface area contributed by atoms with Crippen LogP contribution in [0.3, 0.4) is 0 Å². The van der Waals surface area contributed by atoms with E-state index in [0.717, 1.165) is 32.1 Å². The minimum Gasteiger partial charge on any atom is -0.394 e. The van der Waals surface area contributed by atoms with Crippen molar-refractivity contribution in [2.45, 2.75) is 58.0 Å². The number of aliphatic hydroxyl groups is 2. The largest absolute Gasteiger partial charge is 0.394 e. The SMILES string of the molecule is C[C@]12C=CC(=O)C=C1CC[C@@H]1[C@@H]2CC[C@@]2(C)[C@H]1CC[C@]2(OCOCCO)C(=O)CO. The molecule has 0 aromatic rings. The molecule has 3 fully saturated rings. The van der Waals surface area contributed by atoms with E-state index in [1.54, 1.807) is 6.08 Å². The molecule has 4 aliphatic carbocycles. The van der Waals surface area contributed by atoms with E-state index in [-0.39, 0.29) is 42.4 Å². The van der Waals surface area contributed by atoms with Crippen molar-refractivity contribution in [3.63, 3.8) is 0 Å². The summed E-state index contributed by atoms with van der Waals surface area (Å²) in [5.74, 6) is 1.06. The van der Waals surface area contributed by atoms with E-state index in [1.807, 2.05) is 6.08 Å². The molecule has 30 heavy (non-hydrogen) atoms. The van der Waals surface area contributed by atoms with Crippen LogP contribution >= 0.6 is 0 Å². The molecule has 2 N–H and O–H groups in total. The highest BCUT2D eigenvalue weighted by molar-refractivity contribution is 6.01. The van der Waals surface area contributed by atoms with Crippen LogP contribution in [0.15, 0.2) is 23.8 Å². The first kappa shape index (κ1) is 21.9. The Kier molecular flexibility index (Phi) is 5.81. The lowest BCUT2D eigenvalue weighted by Gasteiger charge is -2.58. The van der Waals surface area contributed by atoms with Crippen LogP contribution in [-0.4, -0.2) is 54.0 Å². The van der Waals surface area contributed by atoms with Gasteiger partial charge in [-0.2, -0.15) is 0 Å². The van der Waals surface area contributed by atoms with Crippen molar-refractivity contribution < 1.29 is 29.3 Å². The number of carbonyl (C=O) groups excluding carboxylic acids is 2. The summed E-state index contributed by atoms with van der Waals surface area (Å²) in [6.07, 6.45) is 10.9. The molecule has 166 valence electrons. The third-order valence-electron chi connectivity index (χ3n) is 8.89. The van der Waals surface area contributed by atoms with Gasteiger partial charge in [0.1, 0.15) is 19.0 Å². The first-order valence-corrected chi connectivity index (χ1v) is 11.2. The molecule has 4 aliphatic rings. The van der Waals surface area contributed by atoms with Crippen molar-refractivity contribution in [2.75, 3.05) is 26.6 Å². The van der Waals surface area contributed by atoms with Gasteiger partial charge in [-0.3, -0.25) is 9.59 Å². The molecule has 0 radical (unpaired) electrons. The summed E-state index contributed by atoms with van der Waals surface area (Å²) in [6.45, 7) is 3.89. The third kappa shape index (κ3) is 3.07. The van der Waals surface area contributed by atoms with Crippen molar-refractivity contribution in [1.29, 1.82) is 0 Å². The monoisotopic (exact) mass is 418 g/mol. The predicted molar refractivity (Wildman–Crippen MR) is 110 cm³/mol. The Balaban J connectivity index is 1.62. The average Bonchev–Trinajstić information content (AvgIpc) is 3.04. The number of aliphatic hydroxyl groups excluding tert-OH is 2. The van der Waals surface area contributed by atoms with Crippen molar-refractivity contribution in [1.82, 2.24) is 0 Å². The molecule has 0 aliphatic heterocycles. The Labute approximate surface area is 178 Å². The molecule has 0 heterocycles. The first-order valence-electron chi connectivity index (χ1n) is 11.2. The van der Waals surface area contributed by atoms with Crippen molar-refractivity contribution in [3.8, 4) is 0 Å². The zero-order valence-corrected chi connectivity index (χ0v) is 18.1. The smallest absolute Gasteiger partial charge is 0.190 e. The number of allylic oxidation sites excluding steroid dienone is 4. The molecular weight excluding hydrogens is 384 g/mol. The molecule has 0 aromatic carbocycles. The van der Waals surface area contributed by atoms with Crippen LogP contribution in [-0.2, 0) is 19.1 Å². The maximum Gasteiger partial charge on any atom is 0.190 e. The first-order chi connectivity index (χ1) is 14.3. The number of ether oxygens (including phenoxy) is 2. The van der Waals surface area contributed by atoms with Gasteiger partial charge in [0, 0.05) is 10.8 Å². The highest BCUT2D eigenvalue weighted by Crippen LogP contribution is 2.67. The molecule has 0 bridgehead atoms. The summed E-state index contributed by atoms with van der Waals surface area (Å²) >= 11 is 0. The zero-order chi connectivity index (χ0) is 21.6. The molecule has 3 saturated carbocycles. The van der Waals surface area contributed by atoms with Crippen molar-refractivity contribution in [3.05, 3.63) is 23.8 Å². The van der Waals surface area contributed by atoms with Crippen LogP contribution in [0.25, 0.3) is 0 Å². The molecule has 0 amide bonds. The topological polar surface area (TPSA) is 93.1 Å². The fourth-order valence-electron chi connectivity index (χ4n) is 7.36. The normalized spacial score (nSPS) is 42.3. The molecule has 4 rings (SSSR count). The Morgan fingerprint density at radius 2 is 1.93 bits per heavy atom. The number of hydrogen-bond donors (Lipinski definition) is 2. The maximum atomic E-state index is 13.0. The van der Waals surface area contributed by atoms with Gasteiger partial charge in [-0.25, -0.2) is 0 Å². The fourth-order valence-corrected chi connectivity index (χ4v) is 7.36. The second-order valence-corrected chi connectivity index (χ2v) is 9.90. The van der Waals surface area contributed by atoms with Crippen LogP contribution in [0.2, 0.25) is 0 Å². The zero-order valence-electron chi connectivity index (χ0n) is 18.1. The van der Waals surface area contributed by atoms with Crippen LogP contribution in [0.5, 0.6) is 0 Å². The number of carbonyl (C=O) groups is 2. The minimum atomic E-state index is -1.04. The number of ketones is 2. The lowest BCUT2D eigenvalue weighted by molar-refractivity contribution is -0.207. The van der Waals surface area contributed by atoms with Crippen LogP contribution < -0.4 is 0 Å². The van der Waals surface area contributed by atoms with Gasteiger partial charge in [-0.15, -0.1) is 0 Å². The Morgan fingerprint density at radius 3 is 2.67 bits per heavy atom. The minimum absolute atomic E-state index is 0.0574. The van der Waals surface area contributed by atoms with Gasteiger partial charge in [0.05, 0.1) is 13.2 Å². The van der Waals surface area contributed by atoms with Gasteiger partial charge in [0.25, 0.3) is 0 Å². The van der Waals surface area contributed by atoms with E-state index >= 15 is 0 Å². The molecule has 0 unspecified atom stereocenters. The lowest BCUT2D eigenvalue weighted by Crippen LogP contribution is -2.59. The van der Waals surface area contributed by atoms with Gasteiger partial charge in [-0.1, -0.05) is 25.5 Å². The number of Topliss-reactive ketones (excluding diaryl/α,β-unsaturated/α-hetero) is 1. The summed E-state index contributed by atoms with van der Waals surface area (Å²) < 4.78 is 11.5. The quantitative estimate of drug-likeness (QED) is 0.488. The lowest BCUT2D eigenvalue weighted by atomic mass is 9.47. The van der Waals surface area contributed by atoms with Crippen LogP contribution in [0.4, 0.5) is 0 Å². The summed E-state index contributed by atoms with van der Waals surface area (Å²) in [7, 11) is 0. The summed E-state index contributed by atoms with van der Waals surface area (Å²) in [4.78, 5) is 24.9. The predicted octanol–water partition coefficient (Wildman–Crippen LogP) is 2.58. The van der Waals surface area contributed by atoms with Crippen molar-refractivity contribution >= 4 is 11.6 Å². The summed E-state index contributed by atoms with van der Waals surface area (Å²) in [6, 6.07) is 0. The number of hydrogen-bond acceptors (Lipinski definition) is 6. The summed E-state index contributed by atoms with van der Waals surface area (Å²) in [5, 5.41) is 18.7. The van der Waals surface area contributed by atoms with E-state index in [9.17, 15) is 14.7 Å². The molecule has 6 heteroatoms. The average molecular weight is 419 g/mol. The third-order valence-corrected chi connectivity index (χ3v) is 8.89. The molecule has 0 saturated heterocycles. The van der Waals surface area contributed by atoms with E-state index < -0.39 is 12.2 Å². The number of rotatable bonds is 7. The van der Waals surface area contributed by atoms with Gasteiger partial charge >= 0.3 is 0 Å². The van der Waals surface area contributed by atoms with E-state index in [4.69, 9.17) is 14.6 Å². The Hall–Kier alpha value is -1.34. The number of fused-ring (bicyclic) bond motifs is 5. The Bertz CT molecular complexity index is 772. The maximum absolute atomic E-state index is 13.0. The molecule has 0 aromatic heterocycles. The second kappa shape index (κ2) is 7.97. The molecular formula is C24H34O6. The van der Waals surface area contributed by atoms with Gasteiger partial charge in [0.15, 0.2) is 11.6 Å². The van der Waals surface area contributed by atoms with Gasteiger partial charge in [0.2, 0.25) is 0 Å². The van der Waals surface area contributed by atoms with Crippen LogP contribution in [0.1, 0.15) is 52.4 Å². The van der Waals surface area contributed by atoms with E-state index in [1.165, 1.54) is 5.57 Å². The molecule has 6 nitrogen and oxygen atoms in total. The van der Waals surface area contributed by atoms with Crippen molar-refractivity contribution in [2.24, 2.45) is 28.6 Å². The van der Waals surface area contributed by atoms with Crippen LogP contribution in [0, 0.1) is 28.6 Å². The Morgan fingerprint density at radius 1 is 1.17 bits per heavy atom.